The molecule has 3 atom stereocenters. The minimum Gasteiger partial charge on any atom is -0.480 e. The fourth-order valence-electron chi connectivity index (χ4n) is 2.61. The molecule has 2 rings (SSSR count). The van der Waals surface area contributed by atoms with Gasteiger partial charge in [-0.25, -0.2) is 4.79 Å². The van der Waals surface area contributed by atoms with E-state index in [0.29, 0.717) is 0 Å². The summed E-state index contributed by atoms with van der Waals surface area (Å²) in [5.41, 5.74) is 1.03. The van der Waals surface area contributed by atoms with E-state index in [1.807, 2.05) is 31.2 Å². The molecule has 114 valence electrons. The third-order valence-electron chi connectivity index (χ3n) is 3.80. The van der Waals surface area contributed by atoms with Crippen LogP contribution in [0.25, 0.3) is 0 Å². The Kier molecular flexibility index (Phi) is 5.00. The molecule has 0 saturated carbocycles. The van der Waals surface area contributed by atoms with Crippen LogP contribution in [0.1, 0.15) is 31.2 Å². The average Bonchev–Trinajstić information content (AvgIpc) is 2.82. The van der Waals surface area contributed by atoms with Crippen molar-refractivity contribution in [1.82, 2.24) is 4.90 Å². The fourth-order valence-corrected chi connectivity index (χ4v) is 2.88. The number of carboxylic acid groups (broad SMARTS) is 1. The number of amides is 1. The number of carboxylic acids is 1. The van der Waals surface area contributed by atoms with E-state index in [9.17, 15) is 14.7 Å². The lowest BCUT2D eigenvalue weighted by atomic mass is 9.97. The molecule has 1 saturated heterocycles. The SMILES string of the molecule is CC(CC(=O)N1C[C@H](O)C[C@@H]1C(=O)O)c1ccc(Br)cc1. The molecule has 1 amide bonds. The van der Waals surface area contributed by atoms with Gasteiger partial charge in [0.25, 0.3) is 0 Å². The molecule has 5 nitrogen and oxygen atoms in total. The lowest BCUT2D eigenvalue weighted by Gasteiger charge is -2.23. The molecule has 21 heavy (non-hydrogen) atoms. The molecule has 0 bridgehead atoms. The van der Waals surface area contributed by atoms with Gasteiger partial charge in [0.15, 0.2) is 0 Å². The number of halogens is 1. The molecule has 1 heterocycles. The number of benzene rings is 1. The van der Waals surface area contributed by atoms with E-state index in [1.165, 1.54) is 4.90 Å². The molecule has 2 N–H and O–H groups in total. The zero-order valence-electron chi connectivity index (χ0n) is 11.7. The molecule has 0 aromatic heterocycles. The Morgan fingerprint density at radius 1 is 1.38 bits per heavy atom. The molecule has 6 heteroatoms. The van der Waals surface area contributed by atoms with Gasteiger partial charge in [0.2, 0.25) is 5.91 Å². The second-order valence-electron chi connectivity index (χ2n) is 5.45. The van der Waals surface area contributed by atoms with Gasteiger partial charge in [0, 0.05) is 23.9 Å². The minimum absolute atomic E-state index is 0.00205. The molecule has 0 aliphatic carbocycles. The van der Waals surface area contributed by atoms with Crippen molar-refractivity contribution in [1.29, 1.82) is 0 Å². The van der Waals surface area contributed by atoms with Crippen LogP contribution in [-0.2, 0) is 9.59 Å². The van der Waals surface area contributed by atoms with Gasteiger partial charge >= 0.3 is 5.97 Å². The third kappa shape index (κ3) is 3.83. The summed E-state index contributed by atoms with van der Waals surface area (Å²) >= 11 is 3.36. The highest BCUT2D eigenvalue weighted by molar-refractivity contribution is 9.10. The zero-order chi connectivity index (χ0) is 15.6. The Hall–Kier alpha value is -1.40. The zero-order valence-corrected chi connectivity index (χ0v) is 13.3. The molecule has 1 fully saturated rings. The number of β-amino-alcohol motifs (C(OH)–C–C–N with tert-alkyl or cyclic N) is 1. The van der Waals surface area contributed by atoms with Crippen LogP contribution in [0, 0.1) is 0 Å². The van der Waals surface area contributed by atoms with Crippen molar-refractivity contribution >= 4 is 27.8 Å². The van der Waals surface area contributed by atoms with Crippen LogP contribution >= 0.6 is 15.9 Å². The maximum Gasteiger partial charge on any atom is 0.326 e. The van der Waals surface area contributed by atoms with Crippen molar-refractivity contribution in [3.63, 3.8) is 0 Å². The number of rotatable bonds is 4. The number of aliphatic carboxylic acids is 1. The summed E-state index contributed by atoms with van der Waals surface area (Å²) in [4.78, 5) is 24.7. The van der Waals surface area contributed by atoms with Gasteiger partial charge in [-0.2, -0.15) is 0 Å². The second kappa shape index (κ2) is 6.58. The van der Waals surface area contributed by atoms with Crippen LogP contribution < -0.4 is 0 Å². The largest absolute Gasteiger partial charge is 0.480 e. The minimum atomic E-state index is -1.06. The summed E-state index contributed by atoms with van der Waals surface area (Å²) < 4.78 is 0.971. The summed E-state index contributed by atoms with van der Waals surface area (Å²) in [6.45, 7) is 2.03. The van der Waals surface area contributed by atoms with Gasteiger partial charge in [-0.1, -0.05) is 35.0 Å². The first-order chi connectivity index (χ1) is 9.88. The van der Waals surface area contributed by atoms with E-state index >= 15 is 0 Å². The molecule has 1 aliphatic rings. The van der Waals surface area contributed by atoms with Gasteiger partial charge in [-0.05, 0) is 23.6 Å². The lowest BCUT2D eigenvalue weighted by molar-refractivity contribution is -0.148. The average molecular weight is 356 g/mol. The first kappa shape index (κ1) is 16.0. The molecule has 0 spiro atoms. The Morgan fingerprint density at radius 3 is 2.57 bits per heavy atom. The molecule has 0 radical (unpaired) electrons. The van der Waals surface area contributed by atoms with Crippen LogP contribution in [0.15, 0.2) is 28.7 Å². The number of hydrogen-bond donors (Lipinski definition) is 2. The molecular weight excluding hydrogens is 338 g/mol. The summed E-state index contributed by atoms with van der Waals surface area (Å²) in [6, 6.07) is 6.79. The van der Waals surface area contributed by atoms with Crippen molar-refractivity contribution in [3.05, 3.63) is 34.3 Å². The monoisotopic (exact) mass is 355 g/mol. The highest BCUT2D eigenvalue weighted by atomic mass is 79.9. The highest BCUT2D eigenvalue weighted by Crippen LogP contribution is 2.25. The van der Waals surface area contributed by atoms with Crippen LogP contribution in [0.3, 0.4) is 0 Å². The van der Waals surface area contributed by atoms with Gasteiger partial charge in [0.05, 0.1) is 6.10 Å². The van der Waals surface area contributed by atoms with Crippen molar-refractivity contribution in [2.24, 2.45) is 0 Å². The standard InChI is InChI=1S/C15H18BrNO4/c1-9(10-2-4-11(16)5-3-10)6-14(19)17-8-12(18)7-13(17)15(20)21/h2-5,9,12-13,18H,6-8H2,1H3,(H,20,21)/t9?,12-,13-/m1/s1. The molecule has 1 aromatic carbocycles. The lowest BCUT2D eigenvalue weighted by Crippen LogP contribution is -2.41. The predicted octanol–water partition coefficient (Wildman–Crippen LogP) is 1.99. The summed E-state index contributed by atoms with van der Waals surface area (Å²) in [5, 5.41) is 18.7. The second-order valence-corrected chi connectivity index (χ2v) is 6.36. The van der Waals surface area contributed by atoms with Crippen molar-refractivity contribution in [2.75, 3.05) is 6.54 Å². The quantitative estimate of drug-likeness (QED) is 0.865. The number of hydrogen-bond acceptors (Lipinski definition) is 3. The molecule has 1 aliphatic heterocycles. The maximum atomic E-state index is 12.3. The predicted molar refractivity (Wildman–Crippen MR) is 80.9 cm³/mol. The normalized spacial score (nSPS) is 23.1. The number of aliphatic hydroxyl groups is 1. The Balaban J connectivity index is 2.03. The number of carbonyl (C=O) groups is 2. The van der Waals surface area contributed by atoms with Gasteiger partial charge in [-0.3, -0.25) is 4.79 Å². The molecule has 1 unspecified atom stereocenters. The van der Waals surface area contributed by atoms with Crippen LogP contribution in [0.5, 0.6) is 0 Å². The van der Waals surface area contributed by atoms with E-state index in [0.717, 1.165) is 10.0 Å². The first-order valence-corrected chi connectivity index (χ1v) is 7.63. The van der Waals surface area contributed by atoms with E-state index < -0.39 is 18.1 Å². The van der Waals surface area contributed by atoms with Crippen molar-refractivity contribution in [3.8, 4) is 0 Å². The van der Waals surface area contributed by atoms with E-state index in [4.69, 9.17) is 5.11 Å². The number of likely N-dealkylation sites (tertiary alicyclic amines) is 1. The third-order valence-corrected chi connectivity index (χ3v) is 4.33. The van der Waals surface area contributed by atoms with Crippen LogP contribution in [0.2, 0.25) is 0 Å². The van der Waals surface area contributed by atoms with Gasteiger partial charge in [-0.15, -0.1) is 0 Å². The highest BCUT2D eigenvalue weighted by Gasteiger charge is 2.38. The van der Waals surface area contributed by atoms with E-state index in [-0.39, 0.29) is 31.2 Å². The number of nitrogens with zero attached hydrogens (tertiary/aromatic N) is 1. The van der Waals surface area contributed by atoms with E-state index in [2.05, 4.69) is 15.9 Å². The summed E-state index contributed by atoms with van der Waals surface area (Å²) in [5.74, 6) is -1.29. The molecule has 1 aromatic rings. The Labute approximate surface area is 131 Å². The maximum absolute atomic E-state index is 12.3. The van der Waals surface area contributed by atoms with Gasteiger partial charge in [0.1, 0.15) is 6.04 Å². The smallest absolute Gasteiger partial charge is 0.326 e. The topological polar surface area (TPSA) is 77.8 Å². The number of aliphatic hydroxyl groups excluding tert-OH is 1. The Morgan fingerprint density at radius 2 is 2.00 bits per heavy atom. The first-order valence-electron chi connectivity index (χ1n) is 6.84. The van der Waals surface area contributed by atoms with Crippen molar-refractivity contribution < 1.29 is 19.8 Å². The summed E-state index contributed by atoms with van der Waals surface area (Å²) in [6.07, 6.45) is -0.413. The van der Waals surface area contributed by atoms with Crippen LogP contribution in [0.4, 0.5) is 0 Å². The summed E-state index contributed by atoms with van der Waals surface area (Å²) in [7, 11) is 0. The Bertz CT molecular complexity index is 531. The molecular formula is C15H18BrNO4. The van der Waals surface area contributed by atoms with Crippen LogP contribution in [-0.4, -0.2) is 45.7 Å². The van der Waals surface area contributed by atoms with Crippen molar-refractivity contribution in [2.45, 2.75) is 37.8 Å². The van der Waals surface area contributed by atoms with Gasteiger partial charge < -0.3 is 15.1 Å². The number of carbonyl (C=O) groups excluding carboxylic acids is 1. The fraction of sp³-hybridized carbons (Fsp3) is 0.467. The van der Waals surface area contributed by atoms with E-state index in [1.54, 1.807) is 0 Å².